The lowest BCUT2D eigenvalue weighted by Gasteiger charge is -2.31. The van der Waals surface area contributed by atoms with E-state index in [4.69, 9.17) is 4.74 Å². The molecule has 1 saturated heterocycles. The van der Waals surface area contributed by atoms with Crippen LogP contribution in [0.3, 0.4) is 0 Å². The molecule has 2 rings (SSSR count). The van der Waals surface area contributed by atoms with E-state index in [-0.39, 0.29) is 18.2 Å². The van der Waals surface area contributed by atoms with Crippen molar-refractivity contribution < 1.29 is 14.3 Å². The van der Waals surface area contributed by atoms with E-state index in [2.05, 4.69) is 10.6 Å². The van der Waals surface area contributed by atoms with Gasteiger partial charge in [-0.3, -0.25) is 0 Å². The van der Waals surface area contributed by atoms with Crippen LogP contribution in [0, 0.1) is 5.92 Å². The largest absolute Gasteiger partial charge is 0.450 e. The van der Waals surface area contributed by atoms with Crippen molar-refractivity contribution >= 4 is 12.1 Å². The third kappa shape index (κ3) is 5.10. The molecule has 6 nitrogen and oxygen atoms in total. The SMILES string of the molecule is CCOC(=O)N1CCC(NC(=O)NCC2CCCC2)CC1. The molecule has 3 amide bonds. The molecule has 0 aromatic heterocycles. The fourth-order valence-corrected chi connectivity index (χ4v) is 3.11. The van der Waals surface area contributed by atoms with Crippen molar-refractivity contribution in [2.24, 2.45) is 5.92 Å². The van der Waals surface area contributed by atoms with Crippen molar-refractivity contribution in [1.29, 1.82) is 0 Å². The Morgan fingerprint density at radius 2 is 1.81 bits per heavy atom. The molecule has 6 heteroatoms. The van der Waals surface area contributed by atoms with Gasteiger partial charge in [0.15, 0.2) is 0 Å². The van der Waals surface area contributed by atoms with Gasteiger partial charge >= 0.3 is 12.1 Å². The van der Waals surface area contributed by atoms with Gasteiger partial charge in [-0.05, 0) is 38.5 Å². The Hall–Kier alpha value is -1.46. The van der Waals surface area contributed by atoms with E-state index in [1.165, 1.54) is 25.7 Å². The average molecular weight is 297 g/mol. The lowest BCUT2D eigenvalue weighted by atomic mass is 10.1. The number of likely N-dealkylation sites (tertiary alicyclic amines) is 1. The summed E-state index contributed by atoms with van der Waals surface area (Å²) in [6.07, 6.45) is 6.38. The first-order valence-electron chi connectivity index (χ1n) is 8.15. The highest BCUT2D eigenvalue weighted by atomic mass is 16.6. The Labute approximate surface area is 126 Å². The molecular weight excluding hydrogens is 270 g/mol. The third-order valence-corrected chi connectivity index (χ3v) is 4.38. The Balaban J connectivity index is 1.61. The van der Waals surface area contributed by atoms with Crippen molar-refractivity contribution in [2.45, 2.75) is 51.5 Å². The molecule has 0 aromatic carbocycles. The lowest BCUT2D eigenvalue weighted by Crippen LogP contribution is -2.49. The molecule has 1 saturated carbocycles. The van der Waals surface area contributed by atoms with Crippen molar-refractivity contribution in [3.05, 3.63) is 0 Å². The molecule has 2 fully saturated rings. The van der Waals surface area contributed by atoms with Crippen molar-refractivity contribution in [1.82, 2.24) is 15.5 Å². The number of rotatable bonds is 4. The third-order valence-electron chi connectivity index (χ3n) is 4.38. The zero-order valence-electron chi connectivity index (χ0n) is 12.9. The van der Waals surface area contributed by atoms with Crippen LogP contribution in [0.15, 0.2) is 0 Å². The predicted molar refractivity (Wildman–Crippen MR) is 80.1 cm³/mol. The maximum atomic E-state index is 11.9. The van der Waals surface area contributed by atoms with Gasteiger partial charge in [-0.15, -0.1) is 0 Å². The van der Waals surface area contributed by atoms with Gasteiger partial charge in [0.25, 0.3) is 0 Å². The molecule has 1 aliphatic heterocycles. The number of piperidine rings is 1. The van der Waals surface area contributed by atoms with E-state index in [0.717, 1.165) is 19.4 Å². The minimum atomic E-state index is -0.248. The predicted octanol–water partition coefficient (Wildman–Crippen LogP) is 2.10. The summed E-state index contributed by atoms with van der Waals surface area (Å²) >= 11 is 0. The first kappa shape index (κ1) is 15.9. The summed E-state index contributed by atoms with van der Waals surface area (Å²) in [4.78, 5) is 25.1. The fraction of sp³-hybridized carbons (Fsp3) is 0.867. The highest BCUT2D eigenvalue weighted by molar-refractivity contribution is 5.74. The molecule has 0 spiro atoms. The Bertz CT molecular complexity index is 348. The maximum absolute atomic E-state index is 11.9. The van der Waals surface area contributed by atoms with Crippen LogP contribution in [-0.4, -0.2) is 49.3 Å². The molecule has 120 valence electrons. The van der Waals surface area contributed by atoms with Gasteiger partial charge in [0.1, 0.15) is 0 Å². The van der Waals surface area contributed by atoms with Crippen LogP contribution in [0.5, 0.6) is 0 Å². The number of carbonyl (C=O) groups is 2. The summed E-state index contributed by atoms with van der Waals surface area (Å²) < 4.78 is 4.98. The van der Waals surface area contributed by atoms with Crippen molar-refractivity contribution in [3.63, 3.8) is 0 Å². The van der Waals surface area contributed by atoms with E-state index in [1.54, 1.807) is 11.8 Å². The smallest absolute Gasteiger partial charge is 0.409 e. The Kier molecular flexibility index (Phi) is 6.14. The van der Waals surface area contributed by atoms with E-state index in [9.17, 15) is 9.59 Å². The number of nitrogens with one attached hydrogen (secondary N) is 2. The standard InChI is InChI=1S/C15H27N3O3/c1-2-21-15(20)18-9-7-13(8-10-18)17-14(19)16-11-12-5-3-4-6-12/h12-13H,2-11H2,1H3,(H2,16,17,19). The molecule has 21 heavy (non-hydrogen) atoms. The van der Waals surface area contributed by atoms with E-state index in [1.807, 2.05) is 0 Å². The summed E-state index contributed by atoms with van der Waals surface area (Å²) in [7, 11) is 0. The van der Waals surface area contributed by atoms with Gasteiger partial charge in [-0.25, -0.2) is 9.59 Å². The maximum Gasteiger partial charge on any atom is 0.409 e. The molecular formula is C15H27N3O3. The zero-order valence-corrected chi connectivity index (χ0v) is 12.9. The fourth-order valence-electron chi connectivity index (χ4n) is 3.11. The van der Waals surface area contributed by atoms with E-state index in [0.29, 0.717) is 25.6 Å². The summed E-state index contributed by atoms with van der Waals surface area (Å²) in [6.45, 7) is 4.29. The molecule has 1 heterocycles. The van der Waals surface area contributed by atoms with Crippen LogP contribution >= 0.6 is 0 Å². The highest BCUT2D eigenvalue weighted by Crippen LogP contribution is 2.23. The van der Waals surface area contributed by atoms with E-state index >= 15 is 0 Å². The number of hydrogen-bond donors (Lipinski definition) is 2. The number of hydrogen-bond acceptors (Lipinski definition) is 3. The second kappa shape index (κ2) is 8.10. The number of amides is 3. The summed E-state index contributed by atoms with van der Waals surface area (Å²) in [5.74, 6) is 0.654. The molecule has 0 aromatic rings. The first-order chi connectivity index (χ1) is 10.2. The second-order valence-electron chi connectivity index (χ2n) is 5.97. The van der Waals surface area contributed by atoms with Gasteiger partial charge in [-0.1, -0.05) is 12.8 Å². The number of ether oxygens (including phenoxy) is 1. The molecule has 0 atom stereocenters. The van der Waals surface area contributed by atoms with Gasteiger partial charge < -0.3 is 20.3 Å². The number of carbonyl (C=O) groups excluding carboxylic acids is 2. The zero-order chi connectivity index (χ0) is 15.1. The minimum Gasteiger partial charge on any atom is -0.450 e. The normalized spacial score (nSPS) is 20.3. The van der Waals surface area contributed by atoms with Crippen LogP contribution in [0.1, 0.15) is 45.4 Å². The van der Waals surface area contributed by atoms with Gasteiger partial charge in [-0.2, -0.15) is 0 Å². The van der Waals surface area contributed by atoms with Gasteiger partial charge in [0.2, 0.25) is 0 Å². The molecule has 2 N–H and O–H groups in total. The van der Waals surface area contributed by atoms with Crippen molar-refractivity contribution in [2.75, 3.05) is 26.2 Å². The van der Waals surface area contributed by atoms with Crippen LogP contribution in [-0.2, 0) is 4.74 Å². The second-order valence-corrected chi connectivity index (χ2v) is 5.97. The lowest BCUT2D eigenvalue weighted by molar-refractivity contribution is 0.0957. The van der Waals surface area contributed by atoms with Crippen LogP contribution in [0.25, 0.3) is 0 Å². The van der Waals surface area contributed by atoms with E-state index < -0.39 is 0 Å². The van der Waals surface area contributed by atoms with Crippen molar-refractivity contribution in [3.8, 4) is 0 Å². The summed E-state index contributed by atoms with van der Waals surface area (Å²) in [5.41, 5.74) is 0. The van der Waals surface area contributed by atoms with Gasteiger partial charge in [0, 0.05) is 25.7 Å². The number of urea groups is 1. The van der Waals surface area contributed by atoms with Crippen LogP contribution < -0.4 is 10.6 Å². The highest BCUT2D eigenvalue weighted by Gasteiger charge is 2.24. The quantitative estimate of drug-likeness (QED) is 0.835. The molecule has 0 unspecified atom stereocenters. The summed E-state index contributed by atoms with van der Waals surface area (Å²) in [5, 5.41) is 5.98. The summed E-state index contributed by atoms with van der Waals surface area (Å²) in [6, 6.07) is 0.0794. The number of nitrogens with zero attached hydrogens (tertiary/aromatic N) is 1. The Morgan fingerprint density at radius 1 is 1.14 bits per heavy atom. The topological polar surface area (TPSA) is 70.7 Å². The molecule has 1 aliphatic carbocycles. The monoisotopic (exact) mass is 297 g/mol. The Morgan fingerprint density at radius 3 is 2.43 bits per heavy atom. The van der Waals surface area contributed by atoms with Crippen LogP contribution in [0.4, 0.5) is 9.59 Å². The van der Waals surface area contributed by atoms with Crippen LogP contribution in [0.2, 0.25) is 0 Å². The molecule has 0 radical (unpaired) electrons. The molecule has 0 bridgehead atoms. The average Bonchev–Trinajstić information content (AvgIpc) is 2.99. The molecule has 2 aliphatic rings. The first-order valence-corrected chi connectivity index (χ1v) is 8.15. The minimum absolute atomic E-state index is 0.0727. The van der Waals surface area contributed by atoms with Gasteiger partial charge in [0.05, 0.1) is 6.61 Å².